The molecule has 0 aliphatic carbocycles. The first-order chi connectivity index (χ1) is 9.83. The highest BCUT2D eigenvalue weighted by Gasteiger charge is 2.28. The molecule has 0 unspecified atom stereocenters. The summed E-state index contributed by atoms with van der Waals surface area (Å²) < 4.78 is 28.7. The van der Waals surface area contributed by atoms with Gasteiger partial charge in [-0.25, -0.2) is 17.9 Å². The van der Waals surface area contributed by atoms with E-state index in [1.807, 2.05) is 4.90 Å². The van der Waals surface area contributed by atoms with Crippen molar-refractivity contribution in [3.8, 4) is 0 Å². The molecule has 1 aromatic heterocycles. The van der Waals surface area contributed by atoms with Crippen LogP contribution in [0.25, 0.3) is 0 Å². The zero-order valence-electron chi connectivity index (χ0n) is 12.2. The normalized spacial score (nSPS) is 15.4. The molecule has 118 valence electrons. The van der Waals surface area contributed by atoms with Crippen molar-refractivity contribution in [2.45, 2.75) is 19.4 Å². The number of carbonyl (C=O) groups is 1. The number of methoxy groups -OCH3 is 1. The second kappa shape index (κ2) is 5.92. The van der Waals surface area contributed by atoms with Gasteiger partial charge in [0.2, 0.25) is 0 Å². The van der Waals surface area contributed by atoms with Crippen LogP contribution >= 0.6 is 0 Å². The number of nitrogen functional groups attached to an aromatic ring is 1. The van der Waals surface area contributed by atoms with Gasteiger partial charge in [-0.15, -0.1) is 0 Å². The molecule has 9 heteroatoms. The lowest BCUT2D eigenvalue weighted by atomic mass is 10.3. The molecule has 0 radical (unpaired) electrons. The number of esters is 1. The number of sulfone groups is 1. The van der Waals surface area contributed by atoms with Crippen LogP contribution in [0.15, 0.2) is 0 Å². The standard InChI is InChI=1S/C12H20N4O4S/c1-20-12(17)9-10(13)16(7-8-21(2,18)19)14-11(9)15-5-3-4-6-15/h3-8,13H2,1-2H3. The van der Waals surface area contributed by atoms with Crippen molar-refractivity contribution in [2.75, 3.05) is 42.8 Å². The number of ether oxygens (including phenoxy) is 1. The van der Waals surface area contributed by atoms with E-state index in [0.29, 0.717) is 5.82 Å². The maximum absolute atomic E-state index is 11.9. The van der Waals surface area contributed by atoms with E-state index in [-0.39, 0.29) is 23.7 Å². The Balaban J connectivity index is 2.36. The zero-order valence-corrected chi connectivity index (χ0v) is 13.0. The first kappa shape index (κ1) is 15.6. The molecular weight excluding hydrogens is 296 g/mol. The minimum absolute atomic E-state index is 0.0844. The molecule has 21 heavy (non-hydrogen) atoms. The third-order valence-electron chi connectivity index (χ3n) is 3.44. The number of carbonyl (C=O) groups excluding carboxylic acids is 1. The molecule has 2 N–H and O–H groups in total. The summed E-state index contributed by atoms with van der Waals surface area (Å²) in [6, 6.07) is 0. The molecule has 2 rings (SSSR count). The van der Waals surface area contributed by atoms with E-state index < -0.39 is 15.8 Å². The first-order valence-electron chi connectivity index (χ1n) is 6.70. The number of aromatic nitrogens is 2. The zero-order chi connectivity index (χ0) is 15.6. The molecule has 0 atom stereocenters. The molecule has 0 spiro atoms. The Morgan fingerprint density at radius 2 is 2.00 bits per heavy atom. The van der Waals surface area contributed by atoms with Crippen LogP contribution in [0.2, 0.25) is 0 Å². The van der Waals surface area contributed by atoms with Gasteiger partial charge in [0.25, 0.3) is 0 Å². The summed E-state index contributed by atoms with van der Waals surface area (Å²) in [6.45, 7) is 1.71. The van der Waals surface area contributed by atoms with Crippen molar-refractivity contribution in [3.05, 3.63) is 5.56 Å². The number of nitrogens with two attached hydrogens (primary N) is 1. The number of hydrogen-bond acceptors (Lipinski definition) is 7. The highest BCUT2D eigenvalue weighted by atomic mass is 32.2. The maximum Gasteiger partial charge on any atom is 0.345 e. The highest BCUT2D eigenvalue weighted by molar-refractivity contribution is 7.90. The van der Waals surface area contributed by atoms with Gasteiger partial charge in [0, 0.05) is 19.3 Å². The van der Waals surface area contributed by atoms with Crippen molar-refractivity contribution in [3.63, 3.8) is 0 Å². The van der Waals surface area contributed by atoms with Gasteiger partial charge >= 0.3 is 5.97 Å². The number of anilines is 2. The van der Waals surface area contributed by atoms with E-state index in [9.17, 15) is 13.2 Å². The van der Waals surface area contributed by atoms with E-state index in [0.717, 1.165) is 32.2 Å². The van der Waals surface area contributed by atoms with Gasteiger partial charge in [0.05, 0.1) is 19.4 Å². The first-order valence-corrected chi connectivity index (χ1v) is 8.77. The van der Waals surface area contributed by atoms with E-state index in [2.05, 4.69) is 5.10 Å². The summed E-state index contributed by atoms with van der Waals surface area (Å²) in [4.78, 5) is 13.9. The molecule has 8 nitrogen and oxygen atoms in total. The Morgan fingerprint density at radius 3 is 2.52 bits per heavy atom. The Labute approximate surface area is 123 Å². The van der Waals surface area contributed by atoms with Crippen molar-refractivity contribution in [2.24, 2.45) is 0 Å². The van der Waals surface area contributed by atoms with Gasteiger partial charge in [-0.1, -0.05) is 0 Å². The van der Waals surface area contributed by atoms with Crippen LogP contribution in [-0.4, -0.2) is 56.4 Å². The molecule has 2 heterocycles. The molecule has 0 aromatic carbocycles. The molecule has 1 aromatic rings. The van der Waals surface area contributed by atoms with Gasteiger partial charge in [-0.05, 0) is 12.8 Å². The number of rotatable bonds is 5. The second-order valence-corrected chi connectivity index (χ2v) is 7.38. The predicted molar refractivity (Wildman–Crippen MR) is 79.1 cm³/mol. The van der Waals surface area contributed by atoms with Gasteiger partial charge in [0.1, 0.15) is 21.2 Å². The molecule has 1 saturated heterocycles. The van der Waals surface area contributed by atoms with E-state index in [1.54, 1.807) is 0 Å². The second-order valence-electron chi connectivity index (χ2n) is 5.12. The largest absolute Gasteiger partial charge is 0.465 e. The van der Waals surface area contributed by atoms with Crippen LogP contribution in [0.4, 0.5) is 11.6 Å². The summed E-state index contributed by atoms with van der Waals surface area (Å²) in [5, 5.41) is 4.32. The average Bonchev–Trinajstić information content (AvgIpc) is 3.02. The fourth-order valence-electron chi connectivity index (χ4n) is 2.33. The van der Waals surface area contributed by atoms with Crippen LogP contribution < -0.4 is 10.6 Å². The van der Waals surface area contributed by atoms with Crippen LogP contribution in [0.3, 0.4) is 0 Å². The third kappa shape index (κ3) is 3.46. The van der Waals surface area contributed by atoms with Crippen molar-refractivity contribution in [1.29, 1.82) is 0 Å². The molecule has 0 bridgehead atoms. The van der Waals surface area contributed by atoms with E-state index in [1.165, 1.54) is 11.8 Å². The summed E-state index contributed by atoms with van der Waals surface area (Å²) in [5.74, 6) is -0.0170. The Morgan fingerprint density at radius 1 is 1.38 bits per heavy atom. The Kier molecular flexibility index (Phi) is 4.40. The Bertz CT molecular complexity index is 632. The third-order valence-corrected chi connectivity index (χ3v) is 4.37. The molecule has 0 amide bonds. The van der Waals surface area contributed by atoms with Gasteiger partial charge in [0.15, 0.2) is 5.82 Å². The lowest BCUT2D eigenvalue weighted by Crippen LogP contribution is -2.21. The lowest BCUT2D eigenvalue weighted by Gasteiger charge is -2.15. The van der Waals surface area contributed by atoms with Gasteiger partial charge in [-0.2, -0.15) is 5.10 Å². The Hall–Kier alpha value is -1.77. The number of nitrogens with zero attached hydrogens (tertiary/aromatic N) is 3. The smallest absolute Gasteiger partial charge is 0.345 e. The average molecular weight is 316 g/mol. The number of aryl methyl sites for hydroxylation is 1. The number of hydrogen-bond donors (Lipinski definition) is 1. The quantitative estimate of drug-likeness (QED) is 0.755. The fourth-order valence-corrected chi connectivity index (χ4v) is 2.84. The highest BCUT2D eigenvalue weighted by Crippen LogP contribution is 2.28. The lowest BCUT2D eigenvalue weighted by molar-refractivity contribution is 0.0602. The molecule has 1 fully saturated rings. The summed E-state index contributed by atoms with van der Waals surface area (Å²) in [5.41, 5.74) is 6.17. The van der Waals surface area contributed by atoms with Gasteiger partial charge < -0.3 is 15.4 Å². The van der Waals surface area contributed by atoms with E-state index >= 15 is 0 Å². The monoisotopic (exact) mass is 316 g/mol. The summed E-state index contributed by atoms with van der Waals surface area (Å²) in [6.07, 6.45) is 3.20. The van der Waals surface area contributed by atoms with Crippen molar-refractivity contribution >= 4 is 27.4 Å². The van der Waals surface area contributed by atoms with Gasteiger partial charge in [-0.3, -0.25) is 0 Å². The summed E-state index contributed by atoms with van der Waals surface area (Å²) in [7, 11) is -1.85. The van der Waals surface area contributed by atoms with Crippen LogP contribution in [0, 0.1) is 0 Å². The minimum atomic E-state index is -3.13. The predicted octanol–water partition coefficient (Wildman–Crippen LogP) is -0.103. The fraction of sp³-hybridized carbons (Fsp3) is 0.667. The summed E-state index contributed by atoms with van der Waals surface area (Å²) >= 11 is 0. The van der Waals surface area contributed by atoms with Crippen molar-refractivity contribution in [1.82, 2.24) is 9.78 Å². The van der Waals surface area contributed by atoms with Crippen molar-refractivity contribution < 1.29 is 17.9 Å². The molecular formula is C12H20N4O4S. The SMILES string of the molecule is COC(=O)c1c(N2CCCC2)nn(CCS(C)(=O)=O)c1N. The minimum Gasteiger partial charge on any atom is -0.465 e. The van der Waals surface area contributed by atoms with Crippen LogP contribution in [0.5, 0.6) is 0 Å². The van der Waals surface area contributed by atoms with Crippen LogP contribution in [0.1, 0.15) is 23.2 Å². The molecule has 1 aliphatic rings. The molecule has 0 saturated carbocycles. The van der Waals surface area contributed by atoms with E-state index in [4.69, 9.17) is 10.5 Å². The topological polar surface area (TPSA) is 108 Å². The van der Waals surface area contributed by atoms with Crippen LogP contribution in [-0.2, 0) is 21.1 Å². The molecule has 1 aliphatic heterocycles. The maximum atomic E-state index is 11.9.